The Balaban J connectivity index is 2.48. The Morgan fingerprint density at radius 1 is 1.27 bits per heavy atom. The summed E-state index contributed by atoms with van der Waals surface area (Å²) in [4.78, 5) is 0. The smallest absolute Gasteiger partial charge is 0.00462 e. The Kier molecular flexibility index (Phi) is 1.06. The van der Waals surface area contributed by atoms with Crippen LogP contribution in [-0.4, -0.2) is 0 Å². The molecule has 60 valence electrons. The number of allylic oxidation sites excluding steroid dienone is 4. The third-order valence-corrected chi connectivity index (χ3v) is 4.10. The third kappa shape index (κ3) is 0.571. The molecule has 0 aromatic rings. The van der Waals surface area contributed by atoms with E-state index in [1.165, 1.54) is 0 Å². The van der Waals surface area contributed by atoms with Gasteiger partial charge in [0.15, 0.2) is 0 Å². The van der Waals surface area contributed by atoms with E-state index in [9.17, 15) is 0 Å². The van der Waals surface area contributed by atoms with Gasteiger partial charge in [-0.05, 0) is 12.3 Å². The molecule has 0 saturated carbocycles. The number of hydrogen-bond donors (Lipinski definition) is 0. The van der Waals surface area contributed by atoms with Crippen molar-refractivity contribution in [1.82, 2.24) is 0 Å². The minimum atomic E-state index is 0.381. The van der Waals surface area contributed by atoms with Crippen molar-refractivity contribution in [3.63, 3.8) is 0 Å². The van der Waals surface area contributed by atoms with Gasteiger partial charge < -0.3 is 0 Å². The first kappa shape index (κ1) is 7.15. The second-order valence-corrected chi connectivity index (χ2v) is 4.64. The average molecular weight is 148 g/mol. The molecule has 0 N–H and O–H groups in total. The molecule has 0 heterocycles. The Hall–Kier alpha value is -0.520. The highest BCUT2D eigenvalue weighted by molar-refractivity contribution is 5.39. The monoisotopic (exact) mass is 148 g/mol. The van der Waals surface area contributed by atoms with Gasteiger partial charge in [-0.2, -0.15) is 0 Å². The van der Waals surface area contributed by atoms with Crippen LogP contribution in [0, 0.1) is 16.7 Å². The molecule has 0 radical (unpaired) electrons. The van der Waals surface area contributed by atoms with Crippen molar-refractivity contribution in [2.24, 2.45) is 16.7 Å². The molecule has 2 atom stereocenters. The second-order valence-electron chi connectivity index (χ2n) is 4.64. The third-order valence-electron chi connectivity index (χ3n) is 4.10. The van der Waals surface area contributed by atoms with Crippen molar-refractivity contribution < 1.29 is 0 Å². The molecular weight excluding hydrogens is 132 g/mol. The average Bonchev–Trinajstić information content (AvgIpc) is 2.02. The van der Waals surface area contributed by atoms with Gasteiger partial charge in [-0.1, -0.05) is 44.6 Å². The van der Waals surface area contributed by atoms with Gasteiger partial charge in [0, 0.05) is 11.3 Å². The number of fused-ring (bicyclic) bond motifs is 1. The van der Waals surface area contributed by atoms with Crippen LogP contribution in [-0.2, 0) is 0 Å². The maximum Gasteiger partial charge on any atom is 0.00462 e. The van der Waals surface area contributed by atoms with Crippen LogP contribution < -0.4 is 0 Å². The van der Waals surface area contributed by atoms with E-state index in [1.807, 2.05) is 0 Å². The lowest BCUT2D eigenvalue weighted by Crippen LogP contribution is -2.39. The van der Waals surface area contributed by atoms with E-state index in [1.54, 1.807) is 5.57 Å². The van der Waals surface area contributed by atoms with E-state index >= 15 is 0 Å². The lowest BCUT2D eigenvalue weighted by atomic mass is 9.58. The Labute approximate surface area is 69.0 Å². The topological polar surface area (TPSA) is 0 Å². The van der Waals surface area contributed by atoms with Gasteiger partial charge in [-0.25, -0.2) is 0 Å². The minimum absolute atomic E-state index is 0.381. The quantitative estimate of drug-likeness (QED) is 0.463. The highest BCUT2D eigenvalue weighted by Gasteiger charge is 2.52. The zero-order chi connectivity index (χ0) is 8.28. The zero-order valence-corrected chi connectivity index (χ0v) is 7.81. The van der Waals surface area contributed by atoms with Crippen LogP contribution >= 0.6 is 0 Å². The molecule has 2 unspecified atom stereocenters. The summed E-state index contributed by atoms with van der Waals surface area (Å²) in [6.45, 7) is 9.32. The molecule has 0 aromatic carbocycles. The zero-order valence-electron chi connectivity index (χ0n) is 7.81. The Morgan fingerprint density at radius 2 is 1.91 bits per heavy atom. The van der Waals surface area contributed by atoms with E-state index in [-0.39, 0.29) is 0 Å². The van der Waals surface area contributed by atoms with Gasteiger partial charge in [0.25, 0.3) is 0 Å². The van der Waals surface area contributed by atoms with E-state index < -0.39 is 0 Å². The number of rotatable bonds is 0. The summed E-state index contributed by atoms with van der Waals surface area (Å²) in [5, 5.41) is 0. The molecule has 0 aliphatic heterocycles. The van der Waals surface area contributed by atoms with Crippen LogP contribution in [0.3, 0.4) is 0 Å². The van der Waals surface area contributed by atoms with Crippen LogP contribution in [0.1, 0.15) is 27.7 Å². The van der Waals surface area contributed by atoms with E-state index in [4.69, 9.17) is 0 Å². The second kappa shape index (κ2) is 1.63. The van der Waals surface area contributed by atoms with Gasteiger partial charge in [0.2, 0.25) is 0 Å². The molecule has 0 aromatic heterocycles. The molecule has 0 nitrogen and oxygen atoms in total. The summed E-state index contributed by atoms with van der Waals surface area (Å²) in [6.07, 6.45) is 7.10. The highest BCUT2D eigenvalue weighted by Crippen LogP contribution is 2.61. The number of hydrogen-bond acceptors (Lipinski definition) is 0. The fourth-order valence-corrected chi connectivity index (χ4v) is 2.25. The van der Waals surface area contributed by atoms with Gasteiger partial charge in [-0.15, -0.1) is 0 Å². The lowest BCUT2D eigenvalue weighted by Gasteiger charge is -2.46. The summed E-state index contributed by atoms with van der Waals surface area (Å²) in [5.74, 6) is 0.720. The summed E-state index contributed by atoms with van der Waals surface area (Å²) in [5.41, 5.74) is 2.36. The van der Waals surface area contributed by atoms with Crippen LogP contribution in [0.2, 0.25) is 0 Å². The summed E-state index contributed by atoms with van der Waals surface area (Å²) in [6, 6.07) is 0. The van der Waals surface area contributed by atoms with Gasteiger partial charge in [-0.3, -0.25) is 0 Å². The van der Waals surface area contributed by atoms with Crippen LogP contribution in [0.5, 0.6) is 0 Å². The minimum Gasteiger partial charge on any atom is -0.0802 e. The standard InChI is InChI=1S/C11H16/c1-8-7-9-5-6-11(9,4)10(8,2)3/h5-7,9H,1-4H3. The van der Waals surface area contributed by atoms with Gasteiger partial charge in [0.05, 0.1) is 0 Å². The van der Waals surface area contributed by atoms with Gasteiger partial charge >= 0.3 is 0 Å². The predicted octanol–water partition coefficient (Wildman–Crippen LogP) is 3.16. The Morgan fingerprint density at radius 3 is 2.09 bits per heavy atom. The first-order valence-electron chi connectivity index (χ1n) is 4.37. The molecule has 2 rings (SSSR count). The van der Waals surface area contributed by atoms with E-state index in [2.05, 4.69) is 45.9 Å². The van der Waals surface area contributed by atoms with Crippen LogP contribution in [0.4, 0.5) is 0 Å². The summed E-state index contributed by atoms with van der Waals surface area (Å²) < 4.78 is 0. The van der Waals surface area contributed by atoms with Crippen molar-refractivity contribution >= 4 is 0 Å². The summed E-state index contributed by atoms with van der Waals surface area (Å²) in [7, 11) is 0. The first-order valence-corrected chi connectivity index (χ1v) is 4.37. The molecule has 2 aliphatic carbocycles. The van der Waals surface area contributed by atoms with Crippen molar-refractivity contribution in [3.05, 3.63) is 23.8 Å². The summed E-state index contributed by atoms with van der Waals surface area (Å²) >= 11 is 0. The molecule has 0 bridgehead atoms. The normalized spacial score (nSPS) is 44.7. The molecule has 0 saturated heterocycles. The maximum absolute atomic E-state index is 2.42. The lowest BCUT2D eigenvalue weighted by molar-refractivity contribution is 0.157. The first-order chi connectivity index (χ1) is 4.98. The predicted molar refractivity (Wildman–Crippen MR) is 48.3 cm³/mol. The Bertz CT molecular complexity index is 255. The molecule has 11 heavy (non-hydrogen) atoms. The SMILES string of the molecule is CC1=CC2C=CC2(C)C1(C)C. The van der Waals surface area contributed by atoms with Gasteiger partial charge in [0.1, 0.15) is 0 Å². The molecule has 0 heteroatoms. The molecule has 0 fully saturated rings. The fourth-order valence-electron chi connectivity index (χ4n) is 2.25. The maximum atomic E-state index is 2.42. The van der Waals surface area contributed by atoms with Crippen LogP contribution in [0.25, 0.3) is 0 Å². The molecule has 2 aliphatic rings. The van der Waals surface area contributed by atoms with Crippen molar-refractivity contribution in [2.75, 3.05) is 0 Å². The molecular formula is C11H16. The van der Waals surface area contributed by atoms with E-state index in [0.29, 0.717) is 10.8 Å². The largest absolute Gasteiger partial charge is 0.0802 e. The van der Waals surface area contributed by atoms with Crippen molar-refractivity contribution in [2.45, 2.75) is 27.7 Å². The highest BCUT2D eigenvalue weighted by atomic mass is 14.6. The van der Waals surface area contributed by atoms with Crippen LogP contribution in [0.15, 0.2) is 23.8 Å². The van der Waals surface area contributed by atoms with E-state index in [0.717, 1.165) is 5.92 Å². The van der Waals surface area contributed by atoms with Crippen molar-refractivity contribution in [1.29, 1.82) is 0 Å². The van der Waals surface area contributed by atoms with Crippen molar-refractivity contribution in [3.8, 4) is 0 Å². The molecule has 0 amide bonds. The molecule has 0 spiro atoms. The fraction of sp³-hybridized carbons (Fsp3) is 0.636.